The van der Waals surface area contributed by atoms with E-state index in [4.69, 9.17) is 22.7 Å². The van der Waals surface area contributed by atoms with Crippen molar-refractivity contribution >= 4 is 44.5 Å². The molecule has 0 aromatic heterocycles. The lowest BCUT2D eigenvalue weighted by atomic mass is 10.1. The Morgan fingerprint density at radius 2 is 1.89 bits per heavy atom. The van der Waals surface area contributed by atoms with E-state index in [9.17, 15) is 0 Å². The minimum absolute atomic E-state index is 0.350. The molecule has 0 aliphatic rings. The molecule has 2 rings (SSSR count). The molecule has 0 spiro atoms. The number of rotatable bonds is 4. The van der Waals surface area contributed by atoms with E-state index in [0.29, 0.717) is 4.99 Å². The van der Waals surface area contributed by atoms with Gasteiger partial charge in [-0.3, -0.25) is 0 Å². The number of anilines is 2. The minimum Gasteiger partial charge on any atom is -0.497 e. The summed E-state index contributed by atoms with van der Waals surface area (Å²) in [5.74, 6) is 0.814. The fraction of sp³-hybridized carbons (Fsp3) is 0.0714. The molecule has 0 aliphatic carbocycles. The lowest BCUT2D eigenvalue weighted by molar-refractivity contribution is 0.415. The molecule has 0 saturated heterocycles. The van der Waals surface area contributed by atoms with Crippen LogP contribution in [0.1, 0.15) is 5.56 Å². The highest BCUT2D eigenvalue weighted by molar-refractivity contribution is 9.10. The van der Waals surface area contributed by atoms with Gasteiger partial charge < -0.3 is 15.8 Å². The Morgan fingerprint density at radius 1 is 1.21 bits per heavy atom. The van der Waals surface area contributed by atoms with Crippen LogP contribution >= 0.6 is 28.1 Å². The van der Waals surface area contributed by atoms with Crippen LogP contribution in [0.3, 0.4) is 0 Å². The average molecular weight is 337 g/mol. The van der Waals surface area contributed by atoms with Gasteiger partial charge in [0, 0.05) is 21.4 Å². The maximum absolute atomic E-state index is 5.76. The second-order valence-corrected chi connectivity index (χ2v) is 5.17. The summed E-state index contributed by atoms with van der Waals surface area (Å²) in [5.41, 5.74) is 8.36. The Kier molecular flexibility index (Phi) is 4.39. The normalized spacial score (nSPS) is 10.0. The van der Waals surface area contributed by atoms with Gasteiger partial charge in [0.05, 0.1) is 7.11 Å². The zero-order valence-corrected chi connectivity index (χ0v) is 12.7. The Labute approximate surface area is 125 Å². The van der Waals surface area contributed by atoms with Crippen LogP contribution in [0, 0.1) is 0 Å². The molecule has 3 nitrogen and oxygen atoms in total. The summed E-state index contributed by atoms with van der Waals surface area (Å²) < 4.78 is 6.00. The third-order valence-electron chi connectivity index (χ3n) is 2.63. The van der Waals surface area contributed by atoms with Crippen LogP contribution in [-0.4, -0.2) is 12.1 Å². The third-order valence-corrected chi connectivity index (χ3v) is 3.49. The molecular formula is C14H13BrN2OS. The lowest BCUT2D eigenvalue weighted by Gasteiger charge is -2.13. The van der Waals surface area contributed by atoms with Gasteiger partial charge in [-0.25, -0.2) is 0 Å². The summed E-state index contributed by atoms with van der Waals surface area (Å²) in [5, 5.41) is 3.29. The van der Waals surface area contributed by atoms with Crippen LogP contribution in [0.25, 0.3) is 0 Å². The van der Waals surface area contributed by atoms with Gasteiger partial charge >= 0.3 is 0 Å². The molecular weight excluding hydrogens is 324 g/mol. The Balaban J connectivity index is 2.32. The van der Waals surface area contributed by atoms with E-state index in [0.717, 1.165) is 27.2 Å². The molecule has 0 amide bonds. The quantitative estimate of drug-likeness (QED) is 0.833. The van der Waals surface area contributed by atoms with Gasteiger partial charge in [-0.1, -0.05) is 18.3 Å². The van der Waals surface area contributed by atoms with Crippen molar-refractivity contribution in [2.75, 3.05) is 12.4 Å². The van der Waals surface area contributed by atoms with Gasteiger partial charge in [-0.05, 0) is 52.3 Å². The van der Waals surface area contributed by atoms with E-state index in [2.05, 4.69) is 21.2 Å². The summed E-state index contributed by atoms with van der Waals surface area (Å²) in [7, 11) is 1.64. The summed E-state index contributed by atoms with van der Waals surface area (Å²) in [6, 6.07) is 13.4. The van der Waals surface area contributed by atoms with Gasteiger partial charge in [0.15, 0.2) is 0 Å². The van der Waals surface area contributed by atoms with Crippen LogP contribution in [0.5, 0.6) is 5.75 Å². The maximum atomic E-state index is 5.76. The Morgan fingerprint density at radius 3 is 2.47 bits per heavy atom. The molecule has 0 atom stereocenters. The van der Waals surface area contributed by atoms with Crippen molar-refractivity contribution in [3.63, 3.8) is 0 Å². The fourth-order valence-corrected chi connectivity index (χ4v) is 2.64. The van der Waals surface area contributed by atoms with E-state index < -0.39 is 0 Å². The molecule has 0 bridgehead atoms. The zero-order chi connectivity index (χ0) is 13.8. The number of benzene rings is 2. The van der Waals surface area contributed by atoms with Crippen LogP contribution in [-0.2, 0) is 0 Å². The van der Waals surface area contributed by atoms with Crippen molar-refractivity contribution in [3.8, 4) is 5.75 Å². The highest BCUT2D eigenvalue weighted by Crippen LogP contribution is 2.28. The van der Waals surface area contributed by atoms with E-state index >= 15 is 0 Å². The summed E-state index contributed by atoms with van der Waals surface area (Å²) in [6.07, 6.45) is 0. The van der Waals surface area contributed by atoms with E-state index in [1.54, 1.807) is 7.11 Å². The van der Waals surface area contributed by atoms with Gasteiger partial charge in [0.1, 0.15) is 10.7 Å². The lowest BCUT2D eigenvalue weighted by Crippen LogP contribution is -2.12. The first-order chi connectivity index (χ1) is 9.11. The van der Waals surface area contributed by atoms with Gasteiger partial charge in [0.2, 0.25) is 0 Å². The number of thiocarbonyl (C=S) groups is 1. The number of halogens is 1. The number of ether oxygens (including phenoxy) is 1. The highest BCUT2D eigenvalue weighted by atomic mass is 79.9. The van der Waals surface area contributed by atoms with Crippen LogP contribution in [0.4, 0.5) is 11.4 Å². The number of hydrogen-bond donors (Lipinski definition) is 2. The van der Waals surface area contributed by atoms with Crippen molar-refractivity contribution in [1.82, 2.24) is 0 Å². The van der Waals surface area contributed by atoms with Crippen molar-refractivity contribution in [2.24, 2.45) is 5.73 Å². The number of nitrogens with one attached hydrogen (secondary N) is 1. The van der Waals surface area contributed by atoms with Crippen molar-refractivity contribution in [1.29, 1.82) is 0 Å². The van der Waals surface area contributed by atoms with Crippen molar-refractivity contribution in [3.05, 3.63) is 52.5 Å². The van der Waals surface area contributed by atoms with Crippen LogP contribution in [0.2, 0.25) is 0 Å². The van der Waals surface area contributed by atoms with E-state index in [1.807, 2.05) is 42.5 Å². The molecule has 2 aromatic rings. The molecule has 0 fully saturated rings. The van der Waals surface area contributed by atoms with E-state index in [1.165, 1.54) is 0 Å². The fourth-order valence-electron chi connectivity index (χ4n) is 1.71. The minimum atomic E-state index is 0.350. The predicted octanol–water partition coefficient (Wildman–Crippen LogP) is 3.84. The third kappa shape index (κ3) is 3.24. The second kappa shape index (κ2) is 6.04. The number of nitrogens with two attached hydrogens (primary N) is 1. The SMILES string of the molecule is COc1ccc(Nc2cccc(Br)c2C(N)=S)cc1. The van der Waals surface area contributed by atoms with Crippen LogP contribution in [0.15, 0.2) is 46.9 Å². The molecule has 0 heterocycles. The topological polar surface area (TPSA) is 47.3 Å². The first-order valence-electron chi connectivity index (χ1n) is 5.61. The summed E-state index contributed by atoms with van der Waals surface area (Å²) in [4.78, 5) is 0.350. The first-order valence-corrected chi connectivity index (χ1v) is 6.81. The highest BCUT2D eigenvalue weighted by Gasteiger charge is 2.09. The standard InChI is InChI=1S/C14H13BrN2OS/c1-18-10-7-5-9(6-8-10)17-12-4-2-3-11(15)13(12)14(16)19/h2-8,17H,1H3,(H2,16,19). The van der Waals surface area contributed by atoms with Gasteiger partial charge in [-0.2, -0.15) is 0 Å². The average Bonchev–Trinajstić information content (AvgIpc) is 2.39. The monoisotopic (exact) mass is 336 g/mol. The molecule has 5 heteroatoms. The smallest absolute Gasteiger partial charge is 0.119 e. The molecule has 3 N–H and O–H groups in total. The second-order valence-electron chi connectivity index (χ2n) is 3.88. The predicted molar refractivity (Wildman–Crippen MR) is 86.3 cm³/mol. The first kappa shape index (κ1) is 13.8. The molecule has 2 aromatic carbocycles. The largest absolute Gasteiger partial charge is 0.497 e. The number of hydrogen-bond acceptors (Lipinski definition) is 3. The van der Waals surface area contributed by atoms with Crippen LogP contribution < -0.4 is 15.8 Å². The zero-order valence-electron chi connectivity index (χ0n) is 10.3. The molecule has 0 unspecified atom stereocenters. The molecule has 0 saturated carbocycles. The molecule has 0 aliphatic heterocycles. The molecule has 19 heavy (non-hydrogen) atoms. The number of methoxy groups -OCH3 is 1. The molecule has 0 radical (unpaired) electrons. The Hall–Kier alpha value is -1.59. The van der Waals surface area contributed by atoms with Crippen molar-refractivity contribution in [2.45, 2.75) is 0 Å². The Bertz CT molecular complexity index is 599. The van der Waals surface area contributed by atoms with Gasteiger partial charge in [0.25, 0.3) is 0 Å². The van der Waals surface area contributed by atoms with E-state index in [-0.39, 0.29) is 0 Å². The van der Waals surface area contributed by atoms with Gasteiger partial charge in [-0.15, -0.1) is 0 Å². The summed E-state index contributed by atoms with van der Waals surface area (Å²) >= 11 is 8.54. The van der Waals surface area contributed by atoms with Crippen molar-refractivity contribution < 1.29 is 4.74 Å². The summed E-state index contributed by atoms with van der Waals surface area (Å²) in [6.45, 7) is 0. The molecule has 98 valence electrons. The maximum Gasteiger partial charge on any atom is 0.119 e.